The number of hydrogen-bond acceptors (Lipinski definition) is 4. The van der Waals surface area contributed by atoms with E-state index in [2.05, 4.69) is 4.98 Å². The van der Waals surface area contributed by atoms with Crippen LogP contribution in [0.2, 0.25) is 0 Å². The van der Waals surface area contributed by atoms with Crippen molar-refractivity contribution in [1.29, 1.82) is 5.26 Å². The third-order valence-electron chi connectivity index (χ3n) is 2.46. The van der Waals surface area contributed by atoms with E-state index < -0.39 is 11.8 Å². The number of rotatable bonds is 4. The van der Waals surface area contributed by atoms with E-state index in [1.165, 1.54) is 24.3 Å². The zero-order valence-electron chi connectivity index (χ0n) is 10.2. The molecule has 0 atom stereocenters. The Labute approximate surface area is 113 Å². The lowest BCUT2D eigenvalue weighted by Gasteiger charge is -2.07. The summed E-state index contributed by atoms with van der Waals surface area (Å²) < 4.78 is 18.8. The predicted molar refractivity (Wildman–Crippen MR) is 66.6 cm³/mol. The predicted octanol–water partition coefficient (Wildman–Crippen LogP) is 2.37. The highest BCUT2D eigenvalue weighted by molar-refractivity contribution is 5.85. The third-order valence-corrected chi connectivity index (χ3v) is 2.46. The Hall–Kier alpha value is -2.94. The molecule has 1 aromatic carbocycles. The quantitative estimate of drug-likeness (QED) is 0.923. The highest BCUT2D eigenvalue weighted by Gasteiger charge is 2.08. The van der Waals surface area contributed by atoms with Crippen LogP contribution in [-0.4, -0.2) is 16.1 Å². The fourth-order valence-electron chi connectivity index (χ4n) is 1.52. The van der Waals surface area contributed by atoms with E-state index in [1.807, 2.05) is 6.07 Å². The summed E-state index contributed by atoms with van der Waals surface area (Å²) in [5.41, 5.74) is 0.459. The Kier molecular flexibility index (Phi) is 3.91. The van der Waals surface area contributed by atoms with Crippen LogP contribution in [0.5, 0.6) is 5.75 Å². The molecule has 5 nitrogen and oxygen atoms in total. The molecule has 1 N–H and O–H groups in total. The van der Waals surface area contributed by atoms with E-state index in [-0.39, 0.29) is 23.6 Å². The Balaban J connectivity index is 2.11. The molecular formula is C14H9FN2O3. The Morgan fingerprint density at radius 2 is 2.20 bits per heavy atom. The van der Waals surface area contributed by atoms with Gasteiger partial charge in [0.05, 0.1) is 17.3 Å². The molecule has 1 heterocycles. The van der Waals surface area contributed by atoms with Gasteiger partial charge in [0.1, 0.15) is 12.3 Å². The monoisotopic (exact) mass is 272 g/mol. The number of ether oxygens (including phenoxy) is 1. The maximum Gasteiger partial charge on any atom is 0.354 e. The van der Waals surface area contributed by atoms with E-state index >= 15 is 0 Å². The normalized spacial score (nSPS) is 9.80. The van der Waals surface area contributed by atoms with Crippen LogP contribution in [0, 0.1) is 17.1 Å². The molecule has 0 saturated carbocycles. The lowest BCUT2D eigenvalue weighted by Crippen LogP contribution is -2.05. The fraction of sp³-hybridized carbons (Fsp3) is 0.0714. The second kappa shape index (κ2) is 5.80. The molecule has 0 aliphatic heterocycles. The molecule has 100 valence electrons. The summed E-state index contributed by atoms with van der Waals surface area (Å²) in [5, 5.41) is 17.4. The lowest BCUT2D eigenvalue weighted by atomic mass is 10.2. The molecule has 0 amide bonds. The number of carbonyl (C=O) groups is 1. The van der Waals surface area contributed by atoms with Crippen molar-refractivity contribution < 1.29 is 19.0 Å². The van der Waals surface area contributed by atoms with Gasteiger partial charge in [0.25, 0.3) is 0 Å². The van der Waals surface area contributed by atoms with E-state index in [4.69, 9.17) is 15.1 Å². The van der Waals surface area contributed by atoms with Crippen LogP contribution >= 0.6 is 0 Å². The summed E-state index contributed by atoms with van der Waals surface area (Å²) in [4.78, 5) is 14.6. The summed E-state index contributed by atoms with van der Waals surface area (Å²) in [6.45, 7) is -0.0655. The molecule has 20 heavy (non-hydrogen) atoms. The zero-order chi connectivity index (χ0) is 14.5. The minimum atomic E-state index is -1.14. The molecule has 0 unspecified atom stereocenters. The van der Waals surface area contributed by atoms with E-state index in [0.717, 1.165) is 6.07 Å². The summed E-state index contributed by atoms with van der Waals surface area (Å²) >= 11 is 0. The first kappa shape index (κ1) is 13.5. The van der Waals surface area contributed by atoms with E-state index in [1.54, 1.807) is 6.07 Å². The van der Waals surface area contributed by atoms with Crippen LogP contribution < -0.4 is 4.74 Å². The van der Waals surface area contributed by atoms with Crippen LogP contribution in [0.4, 0.5) is 4.39 Å². The number of nitrogens with zero attached hydrogens (tertiary/aromatic N) is 2. The number of benzene rings is 1. The van der Waals surface area contributed by atoms with Crippen molar-refractivity contribution in [3.8, 4) is 11.8 Å². The topological polar surface area (TPSA) is 83.2 Å². The van der Waals surface area contributed by atoms with Crippen molar-refractivity contribution in [2.45, 2.75) is 6.61 Å². The van der Waals surface area contributed by atoms with Crippen LogP contribution in [-0.2, 0) is 6.61 Å². The zero-order valence-corrected chi connectivity index (χ0v) is 10.2. The Bertz CT molecular complexity index is 695. The summed E-state index contributed by atoms with van der Waals surface area (Å²) in [6, 6.07) is 10.1. The van der Waals surface area contributed by atoms with Gasteiger partial charge in [0.2, 0.25) is 0 Å². The lowest BCUT2D eigenvalue weighted by molar-refractivity contribution is 0.0690. The van der Waals surface area contributed by atoms with E-state index in [9.17, 15) is 9.18 Å². The molecule has 0 spiro atoms. The van der Waals surface area contributed by atoms with E-state index in [0.29, 0.717) is 5.69 Å². The molecular weight excluding hydrogens is 263 g/mol. The molecule has 0 radical (unpaired) electrons. The molecule has 2 rings (SSSR count). The highest BCUT2D eigenvalue weighted by Crippen LogP contribution is 2.19. The van der Waals surface area contributed by atoms with Crippen LogP contribution in [0.25, 0.3) is 0 Å². The van der Waals surface area contributed by atoms with Crippen molar-refractivity contribution in [1.82, 2.24) is 4.98 Å². The first-order valence-corrected chi connectivity index (χ1v) is 5.62. The second-order valence-electron chi connectivity index (χ2n) is 3.86. The largest absolute Gasteiger partial charge is 0.484 e. The minimum Gasteiger partial charge on any atom is -0.484 e. The molecule has 0 fully saturated rings. The highest BCUT2D eigenvalue weighted by atomic mass is 19.1. The summed E-state index contributed by atoms with van der Waals surface area (Å²) in [5.74, 6) is -1.82. The van der Waals surface area contributed by atoms with Crippen LogP contribution in [0.1, 0.15) is 21.7 Å². The summed E-state index contributed by atoms with van der Waals surface area (Å²) in [6.07, 6.45) is 0. The fourth-order valence-corrected chi connectivity index (χ4v) is 1.52. The number of carboxylic acid groups (broad SMARTS) is 1. The Morgan fingerprint density at radius 3 is 2.85 bits per heavy atom. The van der Waals surface area contributed by atoms with Crippen molar-refractivity contribution in [3.05, 3.63) is 59.2 Å². The van der Waals surface area contributed by atoms with Crippen LogP contribution in [0.3, 0.4) is 0 Å². The van der Waals surface area contributed by atoms with Crippen LogP contribution in [0.15, 0.2) is 36.4 Å². The number of hydrogen-bond donors (Lipinski definition) is 1. The Morgan fingerprint density at radius 1 is 1.40 bits per heavy atom. The van der Waals surface area contributed by atoms with Gasteiger partial charge in [-0.25, -0.2) is 14.2 Å². The average molecular weight is 272 g/mol. The van der Waals surface area contributed by atoms with Crippen molar-refractivity contribution >= 4 is 5.97 Å². The van der Waals surface area contributed by atoms with Crippen molar-refractivity contribution in [2.75, 3.05) is 0 Å². The molecule has 6 heteroatoms. The first-order valence-electron chi connectivity index (χ1n) is 5.62. The number of pyridine rings is 1. The van der Waals surface area contributed by atoms with Gasteiger partial charge in [0, 0.05) is 0 Å². The number of aromatic carboxylic acids is 1. The average Bonchev–Trinajstić information content (AvgIpc) is 2.46. The maximum absolute atomic E-state index is 13.6. The van der Waals surface area contributed by atoms with Gasteiger partial charge in [-0.3, -0.25) is 0 Å². The molecule has 2 aromatic rings. The summed E-state index contributed by atoms with van der Waals surface area (Å²) in [7, 11) is 0. The molecule has 0 aliphatic carbocycles. The number of aromatic nitrogens is 1. The first-order chi connectivity index (χ1) is 9.60. The SMILES string of the molecule is N#Cc1ccc(OCc2cccc(C(=O)O)n2)c(F)c1. The van der Waals surface area contributed by atoms with Gasteiger partial charge in [-0.05, 0) is 30.3 Å². The van der Waals surface area contributed by atoms with Gasteiger partial charge in [-0.2, -0.15) is 5.26 Å². The van der Waals surface area contributed by atoms with Gasteiger partial charge < -0.3 is 9.84 Å². The minimum absolute atomic E-state index is 0.0217. The number of carboxylic acids is 1. The van der Waals surface area contributed by atoms with Gasteiger partial charge in [0.15, 0.2) is 11.6 Å². The van der Waals surface area contributed by atoms with Crippen molar-refractivity contribution in [2.24, 2.45) is 0 Å². The van der Waals surface area contributed by atoms with Gasteiger partial charge >= 0.3 is 5.97 Å². The standard InChI is InChI=1S/C14H9FN2O3/c15-11-6-9(7-16)4-5-13(11)20-8-10-2-1-3-12(17-10)14(18)19/h1-6H,8H2,(H,18,19). The number of nitriles is 1. The number of halogens is 1. The molecule has 1 aromatic heterocycles. The van der Waals surface area contributed by atoms with Gasteiger partial charge in [-0.15, -0.1) is 0 Å². The molecule has 0 saturated heterocycles. The molecule has 0 aliphatic rings. The molecule has 0 bridgehead atoms. The van der Waals surface area contributed by atoms with Gasteiger partial charge in [-0.1, -0.05) is 6.07 Å². The second-order valence-corrected chi connectivity index (χ2v) is 3.86. The maximum atomic E-state index is 13.6. The smallest absolute Gasteiger partial charge is 0.354 e. The van der Waals surface area contributed by atoms with Crippen molar-refractivity contribution in [3.63, 3.8) is 0 Å². The third kappa shape index (κ3) is 3.09.